The van der Waals surface area contributed by atoms with Crippen molar-refractivity contribution < 1.29 is 13.2 Å². The topological polar surface area (TPSA) is 15.3 Å². The number of allylic oxidation sites excluding steroid dienone is 1. The van der Waals surface area contributed by atoms with Crippen LogP contribution in [0.1, 0.15) is 11.0 Å². The van der Waals surface area contributed by atoms with E-state index in [0.29, 0.717) is 10.7 Å². The van der Waals surface area contributed by atoms with E-state index in [0.717, 1.165) is 14.9 Å². The van der Waals surface area contributed by atoms with Crippen LogP contribution in [0.5, 0.6) is 0 Å². The number of para-hydroxylation sites is 1. The average Bonchev–Trinajstić information content (AvgIpc) is 3.04. The van der Waals surface area contributed by atoms with Crippen LogP contribution in [0.3, 0.4) is 0 Å². The van der Waals surface area contributed by atoms with E-state index >= 15 is 0 Å². The smallest absolute Gasteiger partial charge is 0.355 e. The fourth-order valence-electron chi connectivity index (χ4n) is 2.18. The van der Waals surface area contributed by atoms with Gasteiger partial charge in [0.05, 0.1) is 14.5 Å². The maximum Gasteiger partial charge on any atom is 0.432 e. The molecule has 0 amide bonds. The van der Waals surface area contributed by atoms with E-state index < -0.39 is 18.0 Å². The predicted molar refractivity (Wildman–Crippen MR) is 86.0 cm³/mol. The minimum atomic E-state index is -4.44. The first kappa shape index (κ1) is 15.7. The lowest BCUT2D eigenvalue weighted by Gasteiger charge is -2.25. The highest BCUT2D eigenvalue weighted by Crippen LogP contribution is 2.41. The van der Waals surface area contributed by atoms with E-state index in [9.17, 15) is 13.2 Å². The summed E-state index contributed by atoms with van der Waals surface area (Å²) in [5.74, 6) is 0. The summed E-state index contributed by atoms with van der Waals surface area (Å²) in [5, 5.41) is 2.92. The summed E-state index contributed by atoms with van der Waals surface area (Å²) in [6.07, 6.45) is -4.03. The van der Waals surface area contributed by atoms with Crippen LogP contribution in [0.15, 0.2) is 52.1 Å². The van der Waals surface area contributed by atoms with Crippen LogP contribution < -0.4 is 10.2 Å². The van der Waals surface area contributed by atoms with Gasteiger partial charge in [-0.25, -0.2) is 0 Å². The summed E-state index contributed by atoms with van der Waals surface area (Å²) < 4.78 is 40.0. The molecule has 0 fully saturated rings. The Bertz CT molecular complexity index is 729. The number of nitrogens with zero attached hydrogens (tertiary/aromatic N) is 1. The first-order chi connectivity index (χ1) is 10.4. The second kappa shape index (κ2) is 5.79. The number of nitrogens with one attached hydrogen (secondary N) is 1. The first-order valence-corrected chi connectivity index (χ1v) is 8.18. The molecule has 0 aliphatic carbocycles. The molecule has 1 N–H and O–H groups in total. The van der Waals surface area contributed by atoms with E-state index in [2.05, 4.69) is 21.2 Å². The van der Waals surface area contributed by atoms with E-state index in [1.165, 1.54) is 16.2 Å². The normalized spacial score (nSPS) is 18.3. The number of halogens is 5. The van der Waals surface area contributed by atoms with E-state index in [4.69, 9.17) is 11.6 Å². The third kappa shape index (κ3) is 2.98. The van der Waals surface area contributed by atoms with Gasteiger partial charge in [0.25, 0.3) is 0 Å². The molecule has 1 aromatic heterocycles. The molecule has 116 valence electrons. The Morgan fingerprint density at radius 2 is 1.91 bits per heavy atom. The van der Waals surface area contributed by atoms with Gasteiger partial charge in [0.15, 0.2) is 0 Å². The lowest BCUT2D eigenvalue weighted by atomic mass is 10.2. The van der Waals surface area contributed by atoms with Crippen molar-refractivity contribution in [1.29, 1.82) is 0 Å². The fourth-order valence-corrected chi connectivity index (χ4v) is 3.88. The van der Waals surface area contributed by atoms with Crippen LogP contribution in [-0.2, 0) is 0 Å². The van der Waals surface area contributed by atoms with Crippen LogP contribution in [0.4, 0.5) is 18.9 Å². The number of thiophene rings is 1. The van der Waals surface area contributed by atoms with Gasteiger partial charge < -0.3 is 10.2 Å². The molecule has 1 unspecified atom stereocenters. The Hall–Kier alpha value is -1.18. The summed E-state index contributed by atoms with van der Waals surface area (Å²) >= 11 is 10.8. The van der Waals surface area contributed by atoms with Crippen LogP contribution >= 0.6 is 38.9 Å². The van der Waals surface area contributed by atoms with Crippen LogP contribution in [0.25, 0.3) is 0 Å². The van der Waals surface area contributed by atoms with Crippen molar-refractivity contribution in [2.45, 2.75) is 12.3 Å². The summed E-state index contributed by atoms with van der Waals surface area (Å²) in [5.41, 5.74) is -0.271. The third-order valence-corrected chi connectivity index (χ3v) is 5.13. The molecule has 0 radical (unpaired) electrons. The largest absolute Gasteiger partial charge is 0.432 e. The van der Waals surface area contributed by atoms with Crippen molar-refractivity contribution in [1.82, 2.24) is 5.32 Å². The fraction of sp³-hybridized carbons (Fsp3) is 0.143. The first-order valence-electron chi connectivity index (χ1n) is 6.20. The van der Waals surface area contributed by atoms with Gasteiger partial charge in [0.1, 0.15) is 11.9 Å². The van der Waals surface area contributed by atoms with Gasteiger partial charge in [-0.3, -0.25) is 0 Å². The van der Waals surface area contributed by atoms with Crippen LogP contribution in [0, 0.1) is 0 Å². The quantitative estimate of drug-likeness (QED) is 0.687. The van der Waals surface area contributed by atoms with Gasteiger partial charge in [0, 0.05) is 11.1 Å². The Balaban J connectivity index is 2.05. The number of hydrogen-bond acceptors (Lipinski definition) is 3. The van der Waals surface area contributed by atoms with Crippen molar-refractivity contribution in [3.05, 3.63) is 62.0 Å². The molecular weight excluding hydrogens is 401 g/mol. The Kier molecular flexibility index (Phi) is 4.13. The van der Waals surface area contributed by atoms with Crippen molar-refractivity contribution in [3.63, 3.8) is 0 Å². The minimum absolute atomic E-state index is 0.393. The van der Waals surface area contributed by atoms with Gasteiger partial charge in [0.2, 0.25) is 0 Å². The maximum absolute atomic E-state index is 13.0. The van der Waals surface area contributed by atoms with Crippen LogP contribution in [0.2, 0.25) is 5.02 Å². The molecule has 0 saturated carbocycles. The molecule has 0 spiro atoms. The third-order valence-electron chi connectivity index (χ3n) is 3.14. The van der Waals surface area contributed by atoms with Gasteiger partial charge in [-0.1, -0.05) is 23.7 Å². The standard InChI is InChI=1S/C14H9BrClF3N2S/c15-12-6-5-10(22-12)13-20-11(14(17,18)19)7-21(13)9-4-2-1-3-8(9)16/h1-7,13,20H. The number of rotatable bonds is 2. The second-order valence-corrected chi connectivity index (χ2v) is 7.49. The zero-order valence-electron chi connectivity index (χ0n) is 10.9. The molecule has 3 rings (SSSR count). The minimum Gasteiger partial charge on any atom is -0.355 e. The summed E-state index contributed by atoms with van der Waals surface area (Å²) in [4.78, 5) is 2.26. The van der Waals surface area contributed by atoms with Crippen molar-refractivity contribution in [2.24, 2.45) is 0 Å². The van der Waals surface area contributed by atoms with Crippen molar-refractivity contribution in [2.75, 3.05) is 4.90 Å². The molecule has 2 nitrogen and oxygen atoms in total. The Labute approximate surface area is 142 Å². The van der Waals surface area contributed by atoms with Crippen molar-refractivity contribution >= 4 is 44.6 Å². The molecule has 1 atom stereocenters. The zero-order valence-corrected chi connectivity index (χ0v) is 14.0. The number of benzene rings is 1. The number of anilines is 1. The molecule has 1 aliphatic heterocycles. The second-order valence-electron chi connectivity index (χ2n) is 4.59. The van der Waals surface area contributed by atoms with Crippen LogP contribution in [-0.4, -0.2) is 6.18 Å². The van der Waals surface area contributed by atoms with E-state index in [1.54, 1.807) is 36.4 Å². The highest BCUT2D eigenvalue weighted by molar-refractivity contribution is 9.11. The molecule has 0 bridgehead atoms. The van der Waals surface area contributed by atoms with E-state index in [-0.39, 0.29) is 0 Å². The SMILES string of the molecule is FC(F)(F)C1=CN(c2ccccc2Cl)C(c2ccc(Br)s2)N1. The molecule has 2 heterocycles. The van der Waals surface area contributed by atoms with Gasteiger partial charge in [-0.05, 0) is 40.2 Å². The highest BCUT2D eigenvalue weighted by Gasteiger charge is 2.42. The molecule has 2 aromatic rings. The molecule has 22 heavy (non-hydrogen) atoms. The lowest BCUT2D eigenvalue weighted by molar-refractivity contribution is -0.0963. The van der Waals surface area contributed by atoms with Gasteiger partial charge >= 0.3 is 6.18 Å². The Morgan fingerprint density at radius 3 is 2.50 bits per heavy atom. The van der Waals surface area contributed by atoms with Gasteiger partial charge in [-0.15, -0.1) is 11.3 Å². The summed E-state index contributed by atoms with van der Waals surface area (Å²) in [6, 6.07) is 10.4. The Morgan fingerprint density at radius 1 is 1.18 bits per heavy atom. The molecule has 1 aliphatic rings. The lowest BCUT2D eigenvalue weighted by Crippen LogP contribution is -2.29. The molecule has 1 aromatic carbocycles. The summed E-state index contributed by atoms with van der Waals surface area (Å²) in [7, 11) is 0. The molecular formula is C14H9BrClF3N2S. The van der Waals surface area contributed by atoms with Crippen molar-refractivity contribution in [3.8, 4) is 0 Å². The number of alkyl halides is 3. The van der Waals surface area contributed by atoms with Gasteiger partial charge in [-0.2, -0.15) is 13.2 Å². The molecule has 8 heteroatoms. The predicted octanol–water partition coefficient (Wildman–Crippen LogP) is 5.68. The highest BCUT2D eigenvalue weighted by atomic mass is 79.9. The summed E-state index contributed by atoms with van der Waals surface area (Å²) in [6.45, 7) is 0. The maximum atomic E-state index is 13.0. The zero-order chi connectivity index (χ0) is 15.9. The monoisotopic (exact) mass is 408 g/mol. The number of hydrogen-bond donors (Lipinski definition) is 1. The average molecular weight is 410 g/mol. The molecule has 0 saturated heterocycles. The van der Waals surface area contributed by atoms with E-state index in [1.807, 2.05) is 0 Å².